The molecule has 2 aromatic rings. The molecule has 2 fully saturated rings. The molecule has 3 heterocycles. The van der Waals surface area contributed by atoms with Crippen LogP contribution in [-0.4, -0.2) is 45.8 Å². The Kier molecular flexibility index (Phi) is 7.64. The van der Waals surface area contributed by atoms with Crippen molar-refractivity contribution in [2.24, 2.45) is 17.6 Å². The molecule has 2 aliphatic rings. The van der Waals surface area contributed by atoms with Gasteiger partial charge in [0.2, 0.25) is 11.8 Å². The van der Waals surface area contributed by atoms with Crippen LogP contribution in [0.25, 0.3) is 0 Å². The van der Waals surface area contributed by atoms with Gasteiger partial charge in [-0.2, -0.15) is 0 Å². The smallest absolute Gasteiger partial charge is 0.238 e. The predicted octanol–water partition coefficient (Wildman–Crippen LogP) is 3.68. The number of primary amides is 1. The Bertz CT molecular complexity index is 1040. The van der Waals surface area contributed by atoms with Crippen molar-refractivity contribution in [1.82, 2.24) is 20.2 Å². The van der Waals surface area contributed by atoms with Gasteiger partial charge in [-0.05, 0) is 75.4 Å². The van der Waals surface area contributed by atoms with E-state index in [0.29, 0.717) is 18.2 Å². The lowest BCUT2D eigenvalue weighted by atomic mass is 9.69. The molecule has 2 amide bonds. The third-order valence-electron chi connectivity index (χ3n) is 7.73. The van der Waals surface area contributed by atoms with E-state index < -0.39 is 23.2 Å². The number of nitrogens with zero attached hydrogens (tertiary/aromatic N) is 3. The molecule has 1 aliphatic heterocycles. The maximum absolute atomic E-state index is 14.1. The topological polar surface area (TPSA) is 113 Å². The number of amides is 2. The third-order valence-corrected chi connectivity index (χ3v) is 7.73. The van der Waals surface area contributed by atoms with E-state index in [1.165, 1.54) is 6.07 Å². The monoisotopic (exact) mass is 482 g/mol. The van der Waals surface area contributed by atoms with Gasteiger partial charge in [0.05, 0.1) is 18.2 Å². The SMILES string of the molecule is CNC(C)(C(N)=O)[C@@H](C(=O)N1CCC[C@H]1c1ccnc(Nc2ccc(F)cn2)c1)C1CCCCC1. The van der Waals surface area contributed by atoms with Gasteiger partial charge in [-0.3, -0.25) is 9.59 Å². The van der Waals surface area contributed by atoms with E-state index in [1.54, 1.807) is 26.2 Å². The van der Waals surface area contributed by atoms with E-state index in [1.807, 2.05) is 17.0 Å². The van der Waals surface area contributed by atoms with Crippen molar-refractivity contribution >= 4 is 23.5 Å². The predicted molar refractivity (Wildman–Crippen MR) is 132 cm³/mol. The maximum atomic E-state index is 14.1. The van der Waals surface area contributed by atoms with Crippen molar-refractivity contribution in [2.45, 2.75) is 63.5 Å². The minimum absolute atomic E-state index is 0.0124. The van der Waals surface area contributed by atoms with Crippen molar-refractivity contribution in [3.05, 3.63) is 48.0 Å². The Morgan fingerprint density at radius 1 is 1.11 bits per heavy atom. The van der Waals surface area contributed by atoms with E-state index >= 15 is 0 Å². The van der Waals surface area contributed by atoms with E-state index in [0.717, 1.165) is 56.7 Å². The number of aromatic nitrogens is 2. The second-order valence-corrected chi connectivity index (χ2v) is 9.84. The molecule has 3 atom stereocenters. The van der Waals surface area contributed by atoms with Gasteiger partial charge in [0, 0.05) is 12.7 Å². The van der Waals surface area contributed by atoms with E-state index in [4.69, 9.17) is 5.73 Å². The number of anilines is 2. The summed E-state index contributed by atoms with van der Waals surface area (Å²) < 4.78 is 13.2. The number of hydrogen-bond acceptors (Lipinski definition) is 6. The van der Waals surface area contributed by atoms with Crippen LogP contribution in [0, 0.1) is 17.7 Å². The first-order valence-corrected chi connectivity index (χ1v) is 12.5. The van der Waals surface area contributed by atoms with Gasteiger partial charge in [-0.1, -0.05) is 19.3 Å². The summed E-state index contributed by atoms with van der Waals surface area (Å²) in [4.78, 5) is 37.1. The van der Waals surface area contributed by atoms with Crippen LogP contribution in [0.2, 0.25) is 0 Å². The summed E-state index contributed by atoms with van der Waals surface area (Å²) in [6, 6.07) is 6.58. The van der Waals surface area contributed by atoms with Gasteiger partial charge in [-0.15, -0.1) is 0 Å². The third kappa shape index (κ3) is 5.29. The first-order valence-electron chi connectivity index (χ1n) is 12.5. The summed E-state index contributed by atoms with van der Waals surface area (Å²) in [6.45, 7) is 2.40. The number of likely N-dealkylation sites (N-methyl/N-ethyl adjacent to an activating group) is 1. The molecule has 9 heteroatoms. The van der Waals surface area contributed by atoms with Gasteiger partial charge in [0.25, 0.3) is 0 Å². The molecule has 1 aliphatic carbocycles. The molecule has 35 heavy (non-hydrogen) atoms. The molecule has 8 nitrogen and oxygen atoms in total. The van der Waals surface area contributed by atoms with Crippen molar-refractivity contribution in [3.63, 3.8) is 0 Å². The summed E-state index contributed by atoms with van der Waals surface area (Å²) in [5.41, 5.74) is 5.70. The molecule has 1 unspecified atom stereocenters. The van der Waals surface area contributed by atoms with Gasteiger partial charge >= 0.3 is 0 Å². The van der Waals surface area contributed by atoms with E-state index in [2.05, 4.69) is 20.6 Å². The van der Waals surface area contributed by atoms with Crippen LogP contribution in [0.15, 0.2) is 36.7 Å². The second-order valence-electron chi connectivity index (χ2n) is 9.84. The first-order chi connectivity index (χ1) is 16.8. The fraction of sp³-hybridized carbons (Fsp3) is 0.538. The maximum Gasteiger partial charge on any atom is 0.238 e. The van der Waals surface area contributed by atoms with Crippen molar-refractivity contribution in [1.29, 1.82) is 0 Å². The normalized spacial score (nSPS) is 21.3. The minimum Gasteiger partial charge on any atom is -0.368 e. The Hall–Kier alpha value is -3.07. The lowest BCUT2D eigenvalue weighted by molar-refractivity contribution is -0.147. The average Bonchev–Trinajstić information content (AvgIpc) is 3.36. The van der Waals surface area contributed by atoms with Crippen LogP contribution in [-0.2, 0) is 9.59 Å². The molecule has 1 saturated heterocycles. The molecule has 1 saturated carbocycles. The summed E-state index contributed by atoms with van der Waals surface area (Å²) in [5, 5.41) is 6.20. The van der Waals surface area contributed by atoms with Gasteiger partial charge < -0.3 is 21.3 Å². The lowest BCUT2D eigenvalue weighted by Gasteiger charge is -2.43. The first kappa shape index (κ1) is 25.0. The van der Waals surface area contributed by atoms with E-state index in [9.17, 15) is 14.0 Å². The van der Waals surface area contributed by atoms with Crippen molar-refractivity contribution in [2.75, 3.05) is 18.9 Å². The summed E-state index contributed by atoms with van der Waals surface area (Å²) in [5.74, 6) is -0.269. The number of rotatable bonds is 8. The van der Waals surface area contributed by atoms with Crippen LogP contribution in [0.3, 0.4) is 0 Å². The number of nitrogens with one attached hydrogen (secondary N) is 2. The summed E-state index contributed by atoms with van der Waals surface area (Å²) in [6.07, 6.45) is 9.68. The molecule has 0 bridgehead atoms. The quantitative estimate of drug-likeness (QED) is 0.529. The van der Waals surface area contributed by atoms with E-state index in [-0.39, 0.29) is 17.9 Å². The zero-order chi connectivity index (χ0) is 25.0. The highest BCUT2D eigenvalue weighted by Gasteiger charge is 2.50. The molecule has 0 spiro atoms. The van der Waals surface area contributed by atoms with Crippen molar-refractivity contribution < 1.29 is 14.0 Å². The lowest BCUT2D eigenvalue weighted by Crippen LogP contribution is -2.63. The Morgan fingerprint density at radius 2 is 1.89 bits per heavy atom. The summed E-state index contributed by atoms with van der Waals surface area (Å²) >= 11 is 0. The number of carbonyl (C=O) groups excluding carboxylic acids is 2. The highest BCUT2D eigenvalue weighted by atomic mass is 19.1. The minimum atomic E-state index is -1.12. The molecule has 4 rings (SSSR count). The number of halogens is 1. The Balaban J connectivity index is 1.60. The molecule has 4 N–H and O–H groups in total. The fourth-order valence-corrected chi connectivity index (χ4v) is 5.68. The molecular weight excluding hydrogens is 447 g/mol. The van der Waals surface area contributed by atoms with Crippen LogP contribution in [0.5, 0.6) is 0 Å². The van der Waals surface area contributed by atoms with Crippen molar-refractivity contribution in [3.8, 4) is 0 Å². The Morgan fingerprint density at radius 3 is 2.54 bits per heavy atom. The highest BCUT2D eigenvalue weighted by molar-refractivity contribution is 5.93. The standard InChI is InChI=1S/C26H35FN6O2/c1-26(29-2,25(28)35)23(17-7-4-3-5-8-17)24(34)33-14-6-9-20(33)18-12-13-30-22(15-18)32-21-11-10-19(27)16-31-21/h10-13,15-17,20,23,29H,3-9,14H2,1-2H3,(H2,28,35)(H,30,31,32)/t20-,23+,26?/m0/s1. The Labute approximate surface area is 205 Å². The number of likely N-dealkylation sites (tertiary alicyclic amines) is 1. The highest BCUT2D eigenvalue weighted by Crippen LogP contribution is 2.41. The molecule has 188 valence electrons. The van der Waals surface area contributed by atoms with Gasteiger partial charge in [-0.25, -0.2) is 14.4 Å². The number of carbonyl (C=O) groups is 2. The number of nitrogens with two attached hydrogens (primary N) is 1. The average molecular weight is 483 g/mol. The van der Waals surface area contributed by atoms with Gasteiger partial charge in [0.15, 0.2) is 0 Å². The van der Waals surface area contributed by atoms with Crippen LogP contribution in [0.4, 0.5) is 16.0 Å². The largest absolute Gasteiger partial charge is 0.368 e. The fourth-order valence-electron chi connectivity index (χ4n) is 5.68. The molecular formula is C26H35FN6O2. The second kappa shape index (κ2) is 10.7. The van der Waals surface area contributed by atoms with Gasteiger partial charge in [0.1, 0.15) is 23.0 Å². The van der Waals surface area contributed by atoms with Crippen LogP contribution in [0.1, 0.15) is 63.5 Å². The van der Waals surface area contributed by atoms with Crippen LogP contribution >= 0.6 is 0 Å². The molecule has 0 radical (unpaired) electrons. The zero-order valence-electron chi connectivity index (χ0n) is 20.5. The van der Waals surface area contributed by atoms with Crippen LogP contribution < -0.4 is 16.4 Å². The zero-order valence-corrected chi connectivity index (χ0v) is 20.5. The number of pyridine rings is 2. The number of hydrogen-bond donors (Lipinski definition) is 3. The summed E-state index contributed by atoms with van der Waals surface area (Å²) in [7, 11) is 1.71. The molecule has 0 aromatic carbocycles. The molecule has 2 aromatic heterocycles.